The summed E-state index contributed by atoms with van der Waals surface area (Å²) >= 11 is 0. The molecule has 1 fully saturated rings. The first kappa shape index (κ1) is 21.6. The lowest BCUT2D eigenvalue weighted by atomic mass is 10.1. The molecule has 2 aliphatic heterocycles. The molecule has 2 aromatic carbocycles. The number of ether oxygens (including phenoxy) is 2. The SMILES string of the molecule is CC(C)COc1ccc(S(=O)(=O)Nc2ccc3c(c2)CCN3C(=O)C2CCCO2)cc1. The summed E-state index contributed by atoms with van der Waals surface area (Å²) in [6, 6.07) is 11.7. The monoisotopic (exact) mass is 444 g/mol. The van der Waals surface area contributed by atoms with E-state index in [0.717, 1.165) is 24.1 Å². The van der Waals surface area contributed by atoms with Gasteiger partial charge in [-0.15, -0.1) is 0 Å². The maximum absolute atomic E-state index is 12.8. The Morgan fingerprint density at radius 1 is 1.23 bits per heavy atom. The second-order valence-electron chi connectivity index (χ2n) is 8.37. The summed E-state index contributed by atoms with van der Waals surface area (Å²) < 4.78 is 39.4. The summed E-state index contributed by atoms with van der Waals surface area (Å²) in [5.41, 5.74) is 2.25. The van der Waals surface area contributed by atoms with Crippen molar-refractivity contribution in [3.05, 3.63) is 48.0 Å². The number of hydrogen-bond acceptors (Lipinski definition) is 5. The Morgan fingerprint density at radius 3 is 2.68 bits per heavy atom. The van der Waals surface area contributed by atoms with Gasteiger partial charge in [-0.2, -0.15) is 0 Å². The van der Waals surface area contributed by atoms with E-state index in [4.69, 9.17) is 9.47 Å². The van der Waals surface area contributed by atoms with Gasteiger partial charge in [-0.25, -0.2) is 8.42 Å². The highest BCUT2D eigenvalue weighted by Gasteiger charge is 2.32. The number of hydrogen-bond donors (Lipinski definition) is 1. The Bertz CT molecular complexity index is 1040. The number of rotatable bonds is 7. The van der Waals surface area contributed by atoms with Crippen molar-refractivity contribution < 1.29 is 22.7 Å². The van der Waals surface area contributed by atoms with Crippen LogP contribution in [0.15, 0.2) is 47.4 Å². The number of nitrogens with zero attached hydrogens (tertiary/aromatic N) is 1. The molecule has 0 saturated carbocycles. The number of nitrogens with one attached hydrogen (secondary N) is 1. The van der Waals surface area contributed by atoms with Gasteiger partial charge in [0.05, 0.1) is 11.5 Å². The molecule has 0 radical (unpaired) electrons. The molecule has 7 nitrogen and oxygen atoms in total. The van der Waals surface area contributed by atoms with Gasteiger partial charge in [0.2, 0.25) is 0 Å². The molecule has 2 heterocycles. The van der Waals surface area contributed by atoms with Crippen molar-refractivity contribution in [1.82, 2.24) is 0 Å². The third kappa shape index (κ3) is 4.85. The van der Waals surface area contributed by atoms with E-state index in [1.54, 1.807) is 35.2 Å². The van der Waals surface area contributed by atoms with Crippen molar-refractivity contribution in [3.8, 4) is 5.75 Å². The molecule has 2 aromatic rings. The maximum Gasteiger partial charge on any atom is 0.261 e. The predicted octanol–water partition coefficient (Wildman–Crippen LogP) is 3.59. The van der Waals surface area contributed by atoms with E-state index in [2.05, 4.69) is 18.6 Å². The molecule has 0 bridgehead atoms. The average Bonchev–Trinajstić information content (AvgIpc) is 3.42. The molecular formula is C23H28N2O5S. The van der Waals surface area contributed by atoms with Crippen molar-refractivity contribution in [3.63, 3.8) is 0 Å². The van der Waals surface area contributed by atoms with Crippen LogP contribution in [0.25, 0.3) is 0 Å². The number of carbonyl (C=O) groups is 1. The highest BCUT2D eigenvalue weighted by atomic mass is 32.2. The summed E-state index contributed by atoms with van der Waals surface area (Å²) in [4.78, 5) is 14.6. The number of fused-ring (bicyclic) bond motifs is 1. The van der Waals surface area contributed by atoms with Crippen LogP contribution in [0, 0.1) is 5.92 Å². The Labute approximate surface area is 183 Å². The smallest absolute Gasteiger partial charge is 0.261 e. The zero-order valence-electron chi connectivity index (χ0n) is 17.8. The van der Waals surface area contributed by atoms with Crippen LogP contribution in [0.1, 0.15) is 32.3 Å². The van der Waals surface area contributed by atoms with Gasteiger partial charge >= 0.3 is 0 Å². The third-order valence-corrected chi connectivity index (χ3v) is 6.81. The Hall–Kier alpha value is -2.58. The first-order chi connectivity index (χ1) is 14.8. The minimum atomic E-state index is -3.73. The largest absolute Gasteiger partial charge is 0.493 e. The molecule has 4 rings (SSSR count). The van der Waals surface area contributed by atoms with Crippen LogP contribution < -0.4 is 14.4 Å². The van der Waals surface area contributed by atoms with Crippen LogP contribution in [0.2, 0.25) is 0 Å². The second-order valence-corrected chi connectivity index (χ2v) is 10.0. The number of sulfonamides is 1. The third-order valence-electron chi connectivity index (χ3n) is 5.42. The van der Waals surface area contributed by atoms with Gasteiger partial charge in [-0.1, -0.05) is 13.8 Å². The number of amides is 1. The quantitative estimate of drug-likeness (QED) is 0.705. The highest BCUT2D eigenvalue weighted by molar-refractivity contribution is 7.92. The van der Waals surface area contributed by atoms with Gasteiger partial charge in [0.1, 0.15) is 11.9 Å². The van der Waals surface area contributed by atoms with Gasteiger partial charge in [0, 0.05) is 24.5 Å². The lowest BCUT2D eigenvalue weighted by molar-refractivity contribution is -0.127. The first-order valence-corrected chi connectivity index (χ1v) is 12.1. The van der Waals surface area contributed by atoms with Crippen molar-refractivity contribution in [2.75, 3.05) is 29.4 Å². The molecule has 2 aliphatic rings. The summed E-state index contributed by atoms with van der Waals surface area (Å²) in [5.74, 6) is 1.02. The summed E-state index contributed by atoms with van der Waals surface area (Å²) in [6.07, 6.45) is 1.98. The lowest BCUT2D eigenvalue weighted by Gasteiger charge is -2.21. The van der Waals surface area contributed by atoms with Crippen LogP contribution in [0.4, 0.5) is 11.4 Å². The molecule has 1 unspecified atom stereocenters. The fourth-order valence-electron chi connectivity index (χ4n) is 3.83. The van der Waals surface area contributed by atoms with E-state index >= 15 is 0 Å². The van der Waals surface area contributed by atoms with E-state index in [1.807, 2.05) is 0 Å². The van der Waals surface area contributed by atoms with Gasteiger partial charge in [0.25, 0.3) is 15.9 Å². The minimum absolute atomic E-state index is 0.00986. The molecule has 1 atom stereocenters. The van der Waals surface area contributed by atoms with Crippen LogP contribution in [-0.2, 0) is 26.0 Å². The molecule has 0 aliphatic carbocycles. The Balaban J connectivity index is 1.45. The normalized spacial score (nSPS) is 18.3. The zero-order valence-corrected chi connectivity index (χ0v) is 18.7. The summed E-state index contributed by atoms with van der Waals surface area (Å²) in [7, 11) is -3.73. The van der Waals surface area contributed by atoms with Crippen LogP contribution in [0.3, 0.4) is 0 Å². The molecule has 166 valence electrons. The highest BCUT2D eigenvalue weighted by Crippen LogP contribution is 2.33. The second kappa shape index (κ2) is 8.88. The standard InChI is InChI=1S/C23H28N2O5S/c1-16(2)15-30-19-6-8-20(9-7-19)31(27,28)24-18-5-10-21-17(14-18)11-12-25(21)23(26)22-4-3-13-29-22/h5-10,14,16,22,24H,3-4,11-13,15H2,1-2H3. The topological polar surface area (TPSA) is 84.9 Å². The summed E-state index contributed by atoms with van der Waals surface area (Å²) in [5, 5.41) is 0. The van der Waals surface area contributed by atoms with E-state index in [1.165, 1.54) is 12.1 Å². The fourth-order valence-corrected chi connectivity index (χ4v) is 4.88. The van der Waals surface area contributed by atoms with Gasteiger partial charge < -0.3 is 14.4 Å². The zero-order chi connectivity index (χ0) is 22.0. The van der Waals surface area contributed by atoms with Gasteiger partial charge in [-0.3, -0.25) is 9.52 Å². The Kier molecular flexibility index (Phi) is 6.20. The molecule has 1 N–H and O–H groups in total. The van der Waals surface area contributed by atoms with Crippen molar-refractivity contribution >= 4 is 27.3 Å². The number of anilines is 2. The molecule has 31 heavy (non-hydrogen) atoms. The number of carbonyl (C=O) groups excluding carboxylic acids is 1. The van der Waals surface area contributed by atoms with Gasteiger partial charge in [0.15, 0.2) is 0 Å². The summed E-state index contributed by atoms with van der Waals surface area (Å²) in [6.45, 7) is 5.89. The van der Waals surface area contributed by atoms with E-state index in [-0.39, 0.29) is 16.9 Å². The molecule has 0 spiro atoms. The maximum atomic E-state index is 12.8. The molecule has 0 aromatic heterocycles. The lowest BCUT2D eigenvalue weighted by Crippen LogP contribution is -2.37. The number of benzene rings is 2. The van der Waals surface area contributed by atoms with Gasteiger partial charge in [-0.05, 0) is 73.2 Å². The molecular weight excluding hydrogens is 416 g/mol. The predicted molar refractivity (Wildman–Crippen MR) is 119 cm³/mol. The first-order valence-electron chi connectivity index (χ1n) is 10.6. The molecule has 8 heteroatoms. The minimum Gasteiger partial charge on any atom is -0.493 e. The Morgan fingerprint density at radius 2 is 2.00 bits per heavy atom. The van der Waals surface area contributed by atoms with Crippen LogP contribution >= 0.6 is 0 Å². The van der Waals surface area contributed by atoms with Crippen LogP contribution in [0.5, 0.6) is 5.75 Å². The van der Waals surface area contributed by atoms with Crippen molar-refractivity contribution in [2.24, 2.45) is 5.92 Å². The molecule has 1 saturated heterocycles. The van der Waals surface area contributed by atoms with E-state index < -0.39 is 10.0 Å². The average molecular weight is 445 g/mol. The molecule has 1 amide bonds. The van der Waals surface area contributed by atoms with Crippen molar-refractivity contribution in [2.45, 2.75) is 44.1 Å². The van der Waals surface area contributed by atoms with E-state index in [9.17, 15) is 13.2 Å². The fraction of sp³-hybridized carbons (Fsp3) is 0.435. The van der Waals surface area contributed by atoms with Crippen LogP contribution in [-0.4, -0.2) is 40.2 Å². The van der Waals surface area contributed by atoms with E-state index in [0.29, 0.717) is 43.5 Å². The van der Waals surface area contributed by atoms with Crippen molar-refractivity contribution in [1.29, 1.82) is 0 Å².